The molecule has 0 saturated heterocycles. The van der Waals surface area contributed by atoms with Gasteiger partial charge in [-0.1, -0.05) is 17.7 Å². The summed E-state index contributed by atoms with van der Waals surface area (Å²) in [4.78, 5) is -0.957. The Morgan fingerprint density at radius 1 is 1.22 bits per heavy atom. The molecule has 23 heavy (non-hydrogen) atoms. The van der Waals surface area contributed by atoms with Crippen LogP contribution >= 0.6 is 24.0 Å². The van der Waals surface area contributed by atoms with E-state index in [1.165, 1.54) is 7.11 Å². The molecule has 0 bridgehead atoms. The van der Waals surface area contributed by atoms with Gasteiger partial charge in [0.1, 0.15) is 4.90 Å². The number of halogens is 5. The highest BCUT2D eigenvalue weighted by molar-refractivity contribution is 7.89. The highest BCUT2D eigenvalue weighted by atomic mass is 35.5. The molecule has 0 atom stereocenters. The van der Waals surface area contributed by atoms with Crippen LogP contribution in [0.25, 0.3) is 0 Å². The summed E-state index contributed by atoms with van der Waals surface area (Å²) in [5.74, 6) is 0. The largest absolute Gasteiger partial charge is 0.417 e. The minimum atomic E-state index is -4.81. The molecular weight excluding hydrogens is 380 g/mol. The number of hydrogen-bond acceptors (Lipinski definition) is 4. The Labute approximate surface area is 144 Å². The van der Waals surface area contributed by atoms with Crippen molar-refractivity contribution in [3.63, 3.8) is 0 Å². The van der Waals surface area contributed by atoms with Gasteiger partial charge in [0.2, 0.25) is 10.0 Å². The molecule has 0 saturated carbocycles. The van der Waals surface area contributed by atoms with Crippen LogP contribution in [0.5, 0.6) is 0 Å². The molecule has 1 aromatic carbocycles. The molecule has 0 spiro atoms. The molecule has 0 aliphatic carbocycles. The smallest absolute Gasteiger partial charge is 0.383 e. The number of nitrogens with one attached hydrogen (secondary N) is 2. The highest BCUT2D eigenvalue weighted by Crippen LogP contribution is 2.37. The van der Waals surface area contributed by atoms with Crippen LogP contribution in [0.4, 0.5) is 13.2 Å². The van der Waals surface area contributed by atoms with Crippen molar-refractivity contribution in [2.75, 3.05) is 33.4 Å². The number of hydrogen-bond donors (Lipinski definition) is 2. The van der Waals surface area contributed by atoms with Crippen LogP contribution < -0.4 is 10.0 Å². The van der Waals surface area contributed by atoms with E-state index in [0.717, 1.165) is 12.1 Å². The second-order valence-electron chi connectivity index (χ2n) is 4.25. The molecule has 1 rings (SSSR count). The second-order valence-corrected chi connectivity index (χ2v) is 6.37. The Bertz CT molecular complexity index is 598. The molecule has 1 aromatic rings. The Balaban J connectivity index is 0.00000484. The average Bonchev–Trinajstić information content (AvgIpc) is 2.41. The fourth-order valence-corrected chi connectivity index (χ4v) is 3.44. The van der Waals surface area contributed by atoms with Crippen LogP contribution in [0.15, 0.2) is 23.1 Å². The van der Waals surface area contributed by atoms with E-state index in [4.69, 9.17) is 16.3 Å². The number of rotatable bonds is 8. The van der Waals surface area contributed by atoms with Crippen molar-refractivity contribution >= 4 is 34.0 Å². The molecule has 0 radical (unpaired) electrons. The lowest BCUT2D eigenvalue weighted by molar-refractivity contribution is -0.139. The standard InChI is InChI=1S/C12H16ClF3N2O3S.ClH/c1-21-8-7-17-5-6-18-22(19,20)11-9(12(14,15)16)3-2-4-10(11)13;/h2-4,17-18H,5-8H2,1H3;1H. The Hall–Kier alpha value is -0.580. The van der Waals surface area contributed by atoms with Gasteiger partial charge in [-0.3, -0.25) is 0 Å². The summed E-state index contributed by atoms with van der Waals surface area (Å²) in [6.45, 7) is 1.11. The van der Waals surface area contributed by atoms with Crippen molar-refractivity contribution in [2.24, 2.45) is 0 Å². The third-order valence-corrected chi connectivity index (χ3v) is 4.61. The quantitative estimate of drug-likeness (QED) is 0.661. The molecule has 0 aliphatic rings. The first-order valence-corrected chi connectivity index (χ1v) is 8.11. The van der Waals surface area contributed by atoms with Crippen molar-refractivity contribution in [3.8, 4) is 0 Å². The van der Waals surface area contributed by atoms with Gasteiger partial charge in [-0.15, -0.1) is 12.4 Å². The van der Waals surface area contributed by atoms with Crippen LogP contribution in [0.3, 0.4) is 0 Å². The van der Waals surface area contributed by atoms with Crippen molar-refractivity contribution in [3.05, 3.63) is 28.8 Å². The molecule has 5 nitrogen and oxygen atoms in total. The molecule has 0 amide bonds. The van der Waals surface area contributed by atoms with E-state index in [-0.39, 0.29) is 25.5 Å². The fourth-order valence-electron chi connectivity index (χ4n) is 1.65. The first-order chi connectivity index (χ1) is 10.2. The van der Waals surface area contributed by atoms with Crippen LogP contribution in [0, 0.1) is 0 Å². The predicted molar refractivity (Wildman–Crippen MR) is 83.6 cm³/mol. The maximum Gasteiger partial charge on any atom is 0.417 e. The number of ether oxygens (including phenoxy) is 1. The maximum atomic E-state index is 12.9. The molecule has 134 valence electrons. The number of sulfonamides is 1. The molecule has 0 aliphatic heterocycles. The summed E-state index contributed by atoms with van der Waals surface area (Å²) in [5.41, 5.74) is -1.29. The van der Waals surface area contributed by atoms with E-state index >= 15 is 0 Å². The average molecular weight is 397 g/mol. The molecule has 11 heteroatoms. The summed E-state index contributed by atoms with van der Waals surface area (Å²) in [7, 11) is -2.86. The van der Waals surface area contributed by atoms with Crippen LogP contribution in [0.1, 0.15) is 5.56 Å². The summed E-state index contributed by atoms with van der Waals surface area (Å²) in [6.07, 6.45) is -4.81. The number of methoxy groups -OCH3 is 1. The van der Waals surface area contributed by atoms with Crippen LogP contribution in [0.2, 0.25) is 5.02 Å². The van der Waals surface area contributed by atoms with Gasteiger partial charge in [-0.05, 0) is 12.1 Å². The van der Waals surface area contributed by atoms with E-state index in [1.54, 1.807) is 0 Å². The van der Waals surface area contributed by atoms with Gasteiger partial charge in [-0.2, -0.15) is 13.2 Å². The zero-order valence-electron chi connectivity index (χ0n) is 12.1. The van der Waals surface area contributed by atoms with Crippen LogP contribution in [-0.2, 0) is 20.9 Å². The van der Waals surface area contributed by atoms with Gasteiger partial charge in [0.15, 0.2) is 0 Å². The van der Waals surface area contributed by atoms with Crippen molar-refractivity contribution < 1.29 is 26.3 Å². The summed E-state index contributed by atoms with van der Waals surface area (Å²) < 4.78 is 69.7. The van der Waals surface area contributed by atoms with Crippen LogP contribution in [-0.4, -0.2) is 41.8 Å². The van der Waals surface area contributed by atoms with Crippen molar-refractivity contribution in [2.45, 2.75) is 11.1 Å². The zero-order valence-corrected chi connectivity index (χ0v) is 14.5. The van der Waals surface area contributed by atoms with Gasteiger partial charge in [-0.25, -0.2) is 13.1 Å². The minimum absolute atomic E-state index is 0. The van der Waals surface area contributed by atoms with Crippen molar-refractivity contribution in [1.82, 2.24) is 10.0 Å². The topological polar surface area (TPSA) is 67.4 Å². The lowest BCUT2D eigenvalue weighted by Crippen LogP contribution is -2.34. The van der Waals surface area contributed by atoms with Crippen molar-refractivity contribution in [1.29, 1.82) is 0 Å². The van der Waals surface area contributed by atoms with Gasteiger partial charge >= 0.3 is 6.18 Å². The predicted octanol–water partition coefficient (Wildman–Crippen LogP) is 2.29. The lowest BCUT2D eigenvalue weighted by atomic mass is 10.2. The monoisotopic (exact) mass is 396 g/mol. The summed E-state index contributed by atoms with van der Waals surface area (Å²) in [5, 5.41) is 2.39. The molecule has 0 fully saturated rings. The number of alkyl halides is 3. The van der Waals surface area contributed by atoms with E-state index in [0.29, 0.717) is 19.2 Å². The van der Waals surface area contributed by atoms with E-state index in [1.807, 2.05) is 0 Å². The first kappa shape index (κ1) is 22.4. The summed E-state index contributed by atoms with van der Waals surface area (Å²) >= 11 is 5.65. The van der Waals surface area contributed by atoms with Gasteiger partial charge < -0.3 is 10.1 Å². The maximum absolute atomic E-state index is 12.9. The van der Waals surface area contributed by atoms with Gasteiger partial charge in [0.25, 0.3) is 0 Å². The number of benzene rings is 1. The highest BCUT2D eigenvalue weighted by Gasteiger charge is 2.38. The Morgan fingerprint density at radius 2 is 1.87 bits per heavy atom. The first-order valence-electron chi connectivity index (χ1n) is 6.25. The molecule has 0 heterocycles. The van der Waals surface area contributed by atoms with Gasteiger partial charge in [0.05, 0.1) is 17.2 Å². The molecule has 0 aromatic heterocycles. The van der Waals surface area contributed by atoms with E-state index in [2.05, 4.69) is 10.0 Å². The Morgan fingerprint density at radius 3 is 2.43 bits per heavy atom. The molecular formula is C12H17Cl2F3N2O3S. The third kappa shape index (κ3) is 6.82. The molecule has 2 N–H and O–H groups in total. The van der Waals surface area contributed by atoms with E-state index < -0.39 is 31.7 Å². The van der Waals surface area contributed by atoms with E-state index in [9.17, 15) is 21.6 Å². The molecule has 0 unspecified atom stereocenters. The second kappa shape index (κ2) is 9.65. The fraction of sp³-hybridized carbons (Fsp3) is 0.500. The zero-order chi connectivity index (χ0) is 16.8. The minimum Gasteiger partial charge on any atom is -0.383 e. The third-order valence-electron chi connectivity index (χ3n) is 2.62. The summed E-state index contributed by atoms with van der Waals surface area (Å²) in [6, 6.07) is 2.83. The normalized spacial score (nSPS) is 12.0. The Kier molecular flexibility index (Phi) is 9.41. The van der Waals surface area contributed by atoms with Gasteiger partial charge in [0, 0.05) is 26.7 Å². The lowest BCUT2D eigenvalue weighted by Gasteiger charge is -2.15. The SMILES string of the molecule is COCCNCCNS(=O)(=O)c1c(Cl)cccc1C(F)(F)F.Cl.